The molecule has 0 spiro atoms. The molecule has 0 heterocycles. The molecule has 0 aromatic heterocycles. The molecule has 0 amide bonds. The Morgan fingerprint density at radius 3 is 2.57 bits per heavy atom. The van der Waals surface area contributed by atoms with Crippen molar-refractivity contribution in [3.05, 3.63) is 70.5 Å². The van der Waals surface area contributed by atoms with Crippen molar-refractivity contribution < 1.29 is 4.39 Å². The van der Waals surface area contributed by atoms with Gasteiger partial charge in [0.1, 0.15) is 5.82 Å². The van der Waals surface area contributed by atoms with Gasteiger partial charge in [-0.3, -0.25) is 0 Å². The lowest BCUT2D eigenvalue weighted by atomic mass is 9.91. The largest absolute Gasteiger partial charge is 0.316 e. The third-order valence-electron chi connectivity index (χ3n) is 3.59. The Labute approximate surface area is 131 Å². The molecule has 21 heavy (non-hydrogen) atoms. The Balaban J connectivity index is 2.17. The minimum atomic E-state index is -0.296. The van der Waals surface area contributed by atoms with E-state index in [0.717, 1.165) is 19.5 Å². The van der Waals surface area contributed by atoms with Gasteiger partial charge in [0.15, 0.2) is 0 Å². The van der Waals surface area contributed by atoms with Crippen molar-refractivity contribution in [1.29, 1.82) is 0 Å². The minimum absolute atomic E-state index is 0.195. The number of rotatable bonds is 7. The molecular formula is C18H21ClFN. The molecule has 0 aliphatic rings. The molecule has 1 atom stereocenters. The molecule has 0 fully saturated rings. The second-order valence-electron chi connectivity index (χ2n) is 5.23. The summed E-state index contributed by atoms with van der Waals surface area (Å²) in [6.07, 6.45) is 1.74. The number of halogens is 2. The van der Waals surface area contributed by atoms with Crippen molar-refractivity contribution in [2.75, 3.05) is 13.1 Å². The fourth-order valence-corrected chi connectivity index (χ4v) is 2.65. The van der Waals surface area contributed by atoms with E-state index >= 15 is 0 Å². The van der Waals surface area contributed by atoms with Gasteiger partial charge in [0.2, 0.25) is 0 Å². The fourth-order valence-electron chi connectivity index (χ4n) is 2.46. The highest BCUT2D eigenvalue weighted by Gasteiger charge is 2.15. The summed E-state index contributed by atoms with van der Waals surface area (Å²) in [5.41, 5.74) is 1.90. The van der Waals surface area contributed by atoms with Crippen LogP contribution in [0.4, 0.5) is 4.39 Å². The second kappa shape index (κ2) is 8.16. The molecule has 0 bridgehead atoms. The van der Waals surface area contributed by atoms with Gasteiger partial charge in [-0.1, -0.05) is 61.0 Å². The van der Waals surface area contributed by atoms with Gasteiger partial charge in [-0.2, -0.15) is 0 Å². The van der Waals surface area contributed by atoms with Crippen LogP contribution in [0.15, 0.2) is 48.5 Å². The third kappa shape index (κ3) is 4.55. The molecule has 3 heteroatoms. The summed E-state index contributed by atoms with van der Waals surface area (Å²) in [6.45, 7) is 3.95. The molecule has 0 saturated heterocycles. The predicted molar refractivity (Wildman–Crippen MR) is 87.5 cm³/mol. The highest BCUT2D eigenvalue weighted by Crippen LogP contribution is 2.25. The van der Waals surface area contributed by atoms with Crippen LogP contribution in [0, 0.1) is 5.82 Å². The molecule has 1 unspecified atom stereocenters. The molecule has 1 N–H and O–H groups in total. The lowest BCUT2D eigenvalue weighted by Gasteiger charge is -2.19. The van der Waals surface area contributed by atoms with E-state index in [9.17, 15) is 4.39 Å². The summed E-state index contributed by atoms with van der Waals surface area (Å²) in [4.78, 5) is 0. The number of hydrogen-bond acceptors (Lipinski definition) is 1. The average Bonchev–Trinajstić information content (AvgIpc) is 2.51. The molecule has 2 aromatic carbocycles. The first kappa shape index (κ1) is 16.0. The Kier molecular flexibility index (Phi) is 6.21. The van der Waals surface area contributed by atoms with Crippen LogP contribution in [0.5, 0.6) is 0 Å². The fraction of sp³-hybridized carbons (Fsp3) is 0.333. The number of hydrogen-bond donors (Lipinski definition) is 1. The van der Waals surface area contributed by atoms with Crippen LogP contribution in [-0.2, 0) is 6.42 Å². The maximum Gasteiger partial charge on any atom is 0.144 e. The Morgan fingerprint density at radius 2 is 1.86 bits per heavy atom. The van der Waals surface area contributed by atoms with Gasteiger partial charge in [0, 0.05) is 12.5 Å². The molecule has 2 rings (SSSR count). The van der Waals surface area contributed by atoms with E-state index in [1.54, 1.807) is 6.07 Å². The smallest absolute Gasteiger partial charge is 0.144 e. The maximum absolute atomic E-state index is 14.1. The Hall–Kier alpha value is -1.38. The lowest BCUT2D eigenvalue weighted by molar-refractivity contribution is 0.553. The molecule has 0 saturated carbocycles. The van der Waals surface area contributed by atoms with Gasteiger partial charge in [0.25, 0.3) is 0 Å². The molecule has 0 aliphatic heterocycles. The van der Waals surface area contributed by atoms with E-state index < -0.39 is 0 Å². The Morgan fingerprint density at radius 1 is 1.10 bits per heavy atom. The minimum Gasteiger partial charge on any atom is -0.316 e. The quantitative estimate of drug-likeness (QED) is 0.724. The number of benzene rings is 2. The van der Waals surface area contributed by atoms with Crippen LogP contribution in [0.2, 0.25) is 5.02 Å². The van der Waals surface area contributed by atoms with Crippen molar-refractivity contribution in [1.82, 2.24) is 5.32 Å². The van der Waals surface area contributed by atoms with Gasteiger partial charge < -0.3 is 5.32 Å². The van der Waals surface area contributed by atoms with Gasteiger partial charge >= 0.3 is 0 Å². The SMILES string of the molecule is CCCNCC(Cc1cccc(Cl)c1F)c1ccccc1. The molecule has 112 valence electrons. The zero-order valence-electron chi connectivity index (χ0n) is 12.3. The predicted octanol–water partition coefficient (Wildman–Crippen LogP) is 4.81. The summed E-state index contributed by atoms with van der Waals surface area (Å²) >= 11 is 5.88. The summed E-state index contributed by atoms with van der Waals surface area (Å²) in [5.74, 6) is -0.0543. The van der Waals surface area contributed by atoms with E-state index in [1.165, 1.54) is 5.56 Å². The second-order valence-corrected chi connectivity index (χ2v) is 5.64. The lowest BCUT2D eigenvalue weighted by Crippen LogP contribution is -2.24. The van der Waals surface area contributed by atoms with Crippen molar-refractivity contribution in [3.63, 3.8) is 0 Å². The van der Waals surface area contributed by atoms with E-state index in [1.807, 2.05) is 30.3 Å². The number of nitrogens with one attached hydrogen (secondary N) is 1. The summed E-state index contributed by atoms with van der Waals surface area (Å²) < 4.78 is 14.1. The van der Waals surface area contributed by atoms with Crippen molar-refractivity contribution in [2.24, 2.45) is 0 Å². The van der Waals surface area contributed by atoms with Crippen LogP contribution < -0.4 is 5.32 Å². The van der Waals surface area contributed by atoms with Gasteiger partial charge in [-0.25, -0.2) is 4.39 Å². The maximum atomic E-state index is 14.1. The van der Waals surface area contributed by atoms with E-state index in [4.69, 9.17) is 11.6 Å². The first-order valence-corrected chi connectivity index (χ1v) is 7.78. The van der Waals surface area contributed by atoms with Crippen LogP contribution >= 0.6 is 11.6 Å². The highest BCUT2D eigenvalue weighted by molar-refractivity contribution is 6.30. The zero-order chi connectivity index (χ0) is 15.1. The van der Waals surface area contributed by atoms with Crippen LogP contribution in [0.25, 0.3) is 0 Å². The van der Waals surface area contributed by atoms with Crippen LogP contribution in [0.1, 0.15) is 30.4 Å². The molecule has 1 nitrogen and oxygen atoms in total. The monoisotopic (exact) mass is 305 g/mol. The van der Waals surface area contributed by atoms with Gasteiger partial charge in [-0.05, 0) is 36.6 Å². The summed E-state index contributed by atoms with van der Waals surface area (Å²) in [7, 11) is 0. The molecule has 2 aromatic rings. The standard InChI is InChI=1S/C18H21ClFN/c1-2-11-21-13-16(14-7-4-3-5-8-14)12-15-9-6-10-17(19)18(15)20/h3-10,16,21H,2,11-13H2,1H3. The van der Waals surface area contributed by atoms with Crippen molar-refractivity contribution in [3.8, 4) is 0 Å². The van der Waals surface area contributed by atoms with E-state index in [0.29, 0.717) is 12.0 Å². The zero-order valence-corrected chi connectivity index (χ0v) is 13.0. The first-order valence-electron chi connectivity index (χ1n) is 7.41. The topological polar surface area (TPSA) is 12.0 Å². The van der Waals surface area contributed by atoms with Crippen LogP contribution in [-0.4, -0.2) is 13.1 Å². The Bertz CT molecular complexity index is 556. The highest BCUT2D eigenvalue weighted by atomic mass is 35.5. The van der Waals surface area contributed by atoms with Crippen molar-refractivity contribution in [2.45, 2.75) is 25.7 Å². The first-order chi connectivity index (χ1) is 10.2. The van der Waals surface area contributed by atoms with Crippen LogP contribution in [0.3, 0.4) is 0 Å². The van der Waals surface area contributed by atoms with E-state index in [2.05, 4.69) is 24.4 Å². The molecular weight excluding hydrogens is 285 g/mol. The van der Waals surface area contributed by atoms with Gasteiger partial charge in [-0.15, -0.1) is 0 Å². The summed E-state index contributed by atoms with van der Waals surface area (Å²) in [5, 5.41) is 3.63. The summed E-state index contributed by atoms with van der Waals surface area (Å²) in [6, 6.07) is 15.5. The van der Waals surface area contributed by atoms with Crippen molar-refractivity contribution >= 4 is 11.6 Å². The van der Waals surface area contributed by atoms with Gasteiger partial charge in [0.05, 0.1) is 5.02 Å². The molecule has 0 radical (unpaired) electrons. The van der Waals surface area contributed by atoms with E-state index in [-0.39, 0.29) is 16.8 Å². The third-order valence-corrected chi connectivity index (χ3v) is 3.88. The normalized spacial score (nSPS) is 12.3. The average molecular weight is 306 g/mol. The molecule has 0 aliphatic carbocycles.